The predicted molar refractivity (Wildman–Crippen MR) is 152 cm³/mol. The lowest BCUT2D eigenvalue weighted by Gasteiger charge is -2.32. The minimum Gasteiger partial charge on any atom is -0.354 e. The number of hydrogen-bond acceptors (Lipinski definition) is 4. The number of sulfonamides is 1. The first-order valence-electron chi connectivity index (χ1n) is 13.1. The van der Waals surface area contributed by atoms with Crippen LogP contribution in [-0.4, -0.2) is 44.3 Å². The van der Waals surface area contributed by atoms with Gasteiger partial charge in [0, 0.05) is 13.1 Å². The van der Waals surface area contributed by atoms with Crippen molar-refractivity contribution in [2.45, 2.75) is 57.8 Å². The summed E-state index contributed by atoms with van der Waals surface area (Å²) in [6.07, 6.45) is -4.07. The molecule has 0 aromatic heterocycles. The van der Waals surface area contributed by atoms with Gasteiger partial charge in [0.05, 0.1) is 16.1 Å². The highest BCUT2D eigenvalue weighted by Gasteiger charge is 2.35. The van der Waals surface area contributed by atoms with Crippen LogP contribution in [0.2, 0.25) is 0 Å². The maximum Gasteiger partial charge on any atom is 0.416 e. The second-order valence-corrected chi connectivity index (χ2v) is 11.7. The molecule has 41 heavy (non-hydrogen) atoms. The van der Waals surface area contributed by atoms with Gasteiger partial charge in [0.15, 0.2) is 0 Å². The Hall–Kier alpha value is -3.86. The Kier molecular flexibility index (Phi) is 10.2. The summed E-state index contributed by atoms with van der Waals surface area (Å²) in [7, 11) is -4.48. The molecule has 0 spiro atoms. The summed E-state index contributed by atoms with van der Waals surface area (Å²) >= 11 is 0. The van der Waals surface area contributed by atoms with E-state index < -0.39 is 46.2 Å². The summed E-state index contributed by atoms with van der Waals surface area (Å²) in [4.78, 5) is 27.9. The van der Waals surface area contributed by atoms with Crippen LogP contribution in [0.1, 0.15) is 42.5 Å². The van der Waals surface area contributed by atoms with Gasteiger partial charge in [0.2, 0.25) is 11.8 Å². The molecule has 0 aliphatic rings. The summed E-state index contributed by atoms with van der Waals surface area (Å²) in [6, 6.07) is 15.9. The minimum atomic E-state index is -4.73. The molecule has 1 atom stereocenters. The standard InChI is InChI=1S/C30H34F3N3O4S/c1-5-17-34-29(38)23(4)35(19-24-10-7-6-9-22(24)3)28(37)20-36(26-12-8-11-25(18-26)30(31,32)33)41(39,40)27-15-13-21(2)14-16-27/h6-16,18,23H,5,17,19-20H2,1-4H3,(H,34,38). The van der Waals surface area contributed by atoms with Crippen LogP contribution in [0.25, 0.3) is 0 Å². The van der Waals surface area contributed by atoms with Crippen molar-refractivity contribution in [3.8, 4) is 0 Å². The second-order valence-electron chi connectivity index (χ2n) is 9.79. The Balaban J connectivity index is 2.09. The number of halogens is 3. The molecule has 3 aromatic rings. The van der Waals surface area contributed by atoms with Crippen LogP contribution in [0.5, 0.6) is 0 Å². The Bertz CT molecular complexity index is 1470. The zero-order valence-corrected chi connectivity index (χ0v) is 24.2. The number of rotatable bonds is 11. The molecule has 0 aliphatic carbocycles. The summed E-state index contributed by atoms with van der Waals surface area (Å²) < 4.78 is 69.0. The lowest BCUT2D eigenvalue weighted by atomic mass is 10.1. The molecule has 0 heterocycles. The molecular formula is C30H34F3N3O4S. The molecule has 3 rings (SSSR count). The van der Waals surface area contributed by atoms with Gasteiger partial charge in [0.25, 0.3) is 10.0 Å². The molecule has 3 aromatic carbocycles. The summed E-state index contributed by atoms with van der Waals surface area (Å²) in [5.41, 5.74) is 0.988. The van der Waals surface area contributed by atoms with E-state index in [0.717, 1.165) is 28.8 Å². The smallest absolute Gasteiger partial charge is 0.354 e. The Morgan fingerprint density at radius 1 is 0.951 bits per heavy atom. The third-order valence-corrected chi connectivity index (χ3v) is 8.46. The number of amides is 2. The Morgan fingerprint density at radius 3 is 2.22 bits per heavy atom. The number of alkyl halides is 3. The van der Waals surface area contributed by atoms with E-state index in [1.54, 1.807) is 31.2 Å². The highest BCUT2D eigenvalue weighted by molar-refractivity contribution is 7.92. The summed E-state index contributed by atoms with van der Waals surface area (Å²) in [5.74, 6) is -1.18. The van der Waals surface area contributed by atoms with Gasteiger partial charge < -0.3 is 10.2 Å². The van der Waals surface area contributed by atoms with Crippen molar-refractivity contribution < 1.29 is 31.2 Å². The zero-order chi connectivity index (χ0) is 30.4. The molecular weight excluding hydrogens is 555 g/mol. The van der Waals surface area contributed by atoms with Crippen molar-refractivity contribution in [2.24, 2.45) is 0 Å². The van der Waals surface area contributed by atoms with Crippen LogP contribution < -0.4 is 9.62 Å². The molecule has 0 saturated heterocycles. The van der Waals surface area contributed by atoms with Crippen LogP contribution in [0.15, 0.2) is 77.7 Å². The number of carbonyl (C=O) groups excluding carboxylic acids is 2. The number of nitrogens with one attached hydrogen (secondary N) is 1. The zero-order valence-electron chi connectivity index (χ0n) is 23.4. The maximum atomic E-state index is 13.9. The largest absolute Gasteiger partial charge is 0.416 e. The van der Waals surface area contributed by atoms with Gasteiger partial charge in [-0.05, 0) is 68.7 Å². The molecule has 0 fully saturated rings. The van der Waals surface area contributed by atoms with Crippen LogP contribution in [0.3, 0.4) is 0 Å². The molecule has 1 N–H and O–H groups in total. The van der Waals surface area contributed by atoms with Gasteiger partial charge in [-0.2, -0.15) is 13.2 Å². The minimum absolute atomic E-state index is 0.00672. The topological polar surface area (TPSA) is 86.8 Å². The molecule has 0 radical (unpaired) electrons. The predicted octanol–water partition coefficient (Wildman–Crippen LogP) is 5.46. The van der Waals surface area contributed by atoms with E-state index in [1.165, 1.54) is 30.0 Å². The van der Waals surface area contributed by atoms with E-state index >= 15 is 0 Å². The van der Waals surface area contributed by atoms with Crippen molar-refractivity contribution in [2.75, 3.05) is 17.4 Å². The van der Waals surface area contributed by atoms with Gasteiger partial charge in [0.1, 0.15) is 12.6 Å². The molecule has 7 nitrogen and oxygen atoms in total. The molecule has 0 aliphatic heterocycles. The van der Waals surface area contributed by atoms with E-state index in [0.29, 0.717) is 23.3 Å². The third-order valence-electron chi connectivity index (χ3n) is 6.67. The SMILES string of the molecule is CCCNC(=O)C(C)N(Cc1ccccc1C)C(=O)CN(c1cccc(C(F)(F)F)c1)S(=O)(=O)c1ccc(C)cc1. The van der Waals surface area contributed by atoms with Gasteiger partial charge in [-0.15, -0.1) is 0 Å². The highest BCUT2D eigenvalue weighted by Crippen LogP contribution is 2.33. The van der Waals surface area contributed by atoms with Crippen molar-refractivity contribution in [3.05, 3.63) is 95.1 Å². The number of aryl methyl sites for hydroxylation is 2. The number of benzene rings is 3. The monoisotopic (exact) mass is 589 g/mol. The lowest BCUT2D eigenvalue weighted by Crippen LogP contribution is -2.51. The second kappa shape index (κ2) is 13.2. The van der Waals surface area contributed by atoms with Crippen molar-refractivity contribution >= 4 is 27.5 Å². The first-order valence-corrected chi connectivity index (χ1v) is 14.6. The summed E-state index contributed by atoms with van der Waals surface area (Å²) in [6.45, 7) is 6.57. The molecule has 0 bridgehead atoms. The lowest BCUT2D eigenvalue weighted by molar-refractivity contribution is -0.139. The molecule has 2 amide bonds. The number of hydrogen-bond donors (Lipinski definition) is 1. The maximum absolute atomic E-state index is 13.9. The van der Waals surface area contributed by atoms with Gasteiger partial charge >= 0.3 is 6.18 Å². The first kappa shape index (κ1) is 31.7. The van der Waals surface area contributed by atoms with E-state index in [2.05, 4.69) is 5.32 Å². The third kappa shape index (κ3) is 7.87. The van der Waals surface area contributed by atoms with Gasteiger partial charge in [-0.3, -0.25) is 13.9 Å². The average molecular weight is 590 g/mol. The average Bonchev–Trinajstić information content (AvgIpc) is 2.93. The molecule has 0 saturated carbocycles. The summed E-state index contributed by atoms with van der Waals surface area (Å²) in [5, 5.41) is 2.75. The van der Waals surface area contributed by atoms with Gasteiger partial charge in [-0.1, -0.05) is 55.0 Å². The molecule has 220 valence electrons. The Morgan fingerprint density at radius 2 is 1.61 bits per heavy atom. The molecule has 11 heteroatoms. The van der Waals surface area contributed by atoms with Crippen molar-refractivity contribution in [1.82, 2.24) is 10.2 Å². The van der Waals surface area contributed by atoms with Crippen LogP contribution in [-0.2, 0) is 32.3 Å². The Labute approximate surface area is 239 Å². The fraction of sp³-hybridized carbons (Fsp3) is 0.333. The fourth-order valence-electron chi connectivity index (χ4n) is 4.15. The number of carbonyl (C=O) groups is 2. The number of nitrogens with zero attached hydrogens (tertiary/aromatic N) is 2. The van der Waals surface area contributed by atoms with E-state index in [9.17, 15) is 31.2 Å². The number of anilines is 1. The highest BCUT2D eigenvalue weighted by atomic mass is 32.2. The normalized spacial score (nSPS) is 12.5. The van der Waals surface area contributed by atoms with E-state index in [-0.39, 0.29) is 17.1 Å². The van der Waals surface area contributed by atoms with E-state index in [1.807, 2.05) is 26.0 Å². The molecule has 1 unspecified atom stereocenters. The van der Waals surface area contributed by atoms with Crippen LogP contribution in [0.4, 0.5) is 18.9 Å². The van der Waals surface area contributed by atoms with Crippen molar-refractivity contribution in [1.29, 1.82) is 0 Å². The first-order chi connectivity index (χ1) is 19.3. The fourth-order valence-corrected chi connectivity index (χ4v) is 5.56. The van der Waals surface area contributed by atoms with Crippen LogP contribution in [0, 0.1) is 13.8 Å². The quantitative estimate of drug-likeness (QED) is 0.322. The van der Waals surface area contributed by atoms with Crippen LogP contribution >= 0.6 is 0 Å². The van der Waals surface area contributed by atoms with Crippen molar-refractivity contribution in [3.63, 3.8) is 0 Å². The van der Waals surface area contributed by atoms with E-state index in [4.69, 9.17) is 0 Å². The van der Waals surface area contributed by atoms with Gasteiger partial charge in [-0.25, -0.2) is 8.42 Å².